The van der Waals surface area contributed by atoms with E-state index in [0.717, 1.165) is 23.4 Å². The Labute approximate surface area is 187 Å². The van der Waals surface area contributed by atoms with Crippen LogP contribution in [0.2, 0.25) is 0 Å². The van der Waals surface area contributed by atoms with Crippen LogP contribution in [0.15, 0.2) is 36.4 Å². The standard InChI is InChI=1S/C23H20F2N4O4/c24-15-3-2-14(17(25)9-15)8-21(30)29-6-5-18-16(11-29)22(28-27-18)23(31)26-10-13-1-4-19-20(7-13)33-12-32-19/h1-4,7,9H,5-6,8,10-12H2,(H,26,31)(H,27,28). The molecule has 0 radical (unpaired) electrons. The van der Waals surface area contributed by atoms with Crippen LogP contribution in [0.25, 0.3) is 0 Å². The highest BCUT2D eigenvalue weighted by atomic mass is 19.1. The van der Waals surface area contributed by atoms with E-state index in [1.165, 1.54) is 6.07 Å². The molecular weight excluding hydrogens is 434 g/mol. The highest BCUT2D eigenvalue weighted by Gasteiger charge is 2.28. The average Bonchev–Trinajstić information content (AvgIpc) is 3.45. The number of fused-ring (bicyclic) bond motifs is 2. The number of aromatic nitrogens is 2. The van der Waals surface area contributed by atoms with Gasteiger partial charge in [-0.3, -0.25) is 14.7 Å². The van der Waals surface area contributed by atoms with Crippen LogP contribution in [-0.4, -0.2) is 40.2 Å². The van der Waals surface area contributed by atoms with E-state index in [2.05, 4.69) is 15.5 Å². The molecule has 0 saturated carbocycles. The molecule has 0 bridgehead atoms. The molecule has 8 nitrogen and oxygen atoms in total. The van der Waals surface area contributed by atoms with Crippen molar-refractivity contribution in [3.63, 3.8) is 0 Å². The second-order valence-corrected chi connectivity index (χ2v) is 7.88. The molecule has 2 N–H and O–H groups in total. The van der Waals surface area contributed by atoms with E-state index in [0.29, 0.717) is 30.0 Å². The zero-order chi connectivity index (χ0) is 22.9. The molecule has 10 heteroatoms. The van der Waals surface area contributed by atoms with Gasteiger partial charge in [-0.15, -0.1) is 0 Å². The first-order chi connectivity index (χ1) is 16.0. The fraction of sp³-hybridized carbons (Fsp3) is 0.261. The van der Waals surface area contributed by atoms with E-state index in [4.69, 9.17) is 9.47 Å². The minimum absolute atomic E-state index is 0.126. The van der Waals surface area contributed by atoms with Crippen molar-refractivity contribution in [2.45, 2.75) is 25.9 Å². The van der Waals surface area contributed by atoms with Crippen LogP contribution in [0.5, 0.6) is 11.5 Å². The molecule has 2 amide bonds. The number of carbonyl (C=O) groups excluding carboxylic acids is 2. The molecule has 0 unspecified atom stereocenters. The minimum Gasteiger partial charge on any atom is -0.454 e. The highest BCUT2D eigenvalue weighted by molar-refractivity contribution is 5.94. The average molecular weight is 454 g/mol. The Bertz CT molecular complexity index is 1240. The van der Waals surface area contributed by atoms with Crippen molar-refractivity contribution in [1.82, 2.24) is 20.4 Å². The topological polar surface area (TPSA) is 96.6 Å². The third kappa shape index (κ3) is 4.23. The van der Waals surface area contributed by atoms with Gasteiger partial charge >= 0.3 is 0 Å². The Kier molecular flexibility index (Phi) is 5.41. The van der Waals surface area contributed by atoms with Crippen LogP contribution in [0.3, 0.4) is 0 Å². The first kappa shape index (κ1) is 20.9. The van der Waals surface area contributed by atoms with Crippen molar-refractivity contribution in [3.05, 3.63) is 76.1 Å². The number of aromatic amines is 1. The Morgan fingerprint density at radius 2 is 1.97 bits per heavy atom. The molecule has 3 aromatic rings. The van der Waals surface area contributed by atoms with Crippen molar-refractivity contribution in [2.75, 3.05) is 13.3 Å². The van der Waals surface area contributed by atoms with Crippen molar-refractivity contribution in [1.29, 1.82) is 0 Å². The van der Waals surface area contributed by atoms with Crippen molar-refractivity contribution in [2.24, 2.45) is 0 Å². The zero-order valence-electron chi connectivity index (χ0n) is 17.5. The number of amides is 2. The first-order valence-electron chi connectivity index (χ1n) is 10.4. The minimum atomic E-state index is -0.757. The summed E-state index contributed by atoms with van der Waals surface area (Å²) in [6.07, 6.45) is 0.306. The van der Waals surface area contributed by atoms with Crippen molar-refractivity contribution >= 4 is 11.8 Å². The lowest BCUT2D eigenvalue weighted by atomic mass is 10.0. The molecule has 0 fully saturated rings. The number of nitrogens with zero attached hydrogens (tertiary/aromatic N) is 2. The summed E-state index contributed by atoms with van der Waals surface area (Å²) >= 11 is 0. The highest BCUT2D eigenvalue weighted by Crippen LogP contribution is 2.32. The number of halogens is 2. The van der Waals surface area contributed by atoms with Gasteiger partial charge in [0.15, 0.2) is 17.2 Å². The van der Waals surface area contributed by atoms with E-state index in [-0.39, 0.29) is 49.4 Å². The number of hydrogen-bond donors (Lipinski definition) is 2. The molecule has 0 spiro atoms. The Morgan fingerprint density at radius 1 is 1.12 bits per heavy atom. The molecule has 3 heterocycles. The molecule has 5 rings (SSSR count). The Balaban J connectivity index is 1.24. The van der Waals surface area contributed by atoms with Gasteiger partial charge in [0, 0.05) is 43.4 Å². The molecule has 170 valence electrons. The molecule has 2 aliphatic rings. The lowest BCUT2D eigenvalue weighted by molar-refractivity contribution is -0.131. The van der Waals surface area contributed by atoms with Gasteiger partial charge in [-0.1, -0.05) is 12.1 Å². The molecule has 2 aliphatic heterocycles. The smallest absolute Gasteiger partial charge is 0.272 e. The van der Waals surface area contributed by atoms with Gasteiger partial charge in [-0.25, -0.2) is 8.78 Å². The predicted molar refractivity (Wildman–Crippen MR) is 112 cm³/mol. The van der Waals surface area contributed by atoms with Gasteiger partial charge in [-0.05, 0) is 29.3 Å². The van der Waals surface area contributed by atoms with E-state index in [1.54, 1.807) is 17.0 Å². The number of ether oxygens (including phenoxy) is 2. The van der Waals surface area contributed by atoms with Gasteiger partial charge in [0.05, 0.1) is 6.42 Å². The number of rotatable bonds is 5. The van der Waals surface area contributed by atoms with Gasteiger partial charge < -0.3 is 19.7 Å². The number of benzene rings is 2. The summed E-state index contributed by atoms with van der Waals surface area (Å²) in [5.41, 5.74) is 2.62. The summed E-state index contributed by atoms with van der Waals surface area (Å²) in [5.74, 6) is -0.834. The van der Waals surface area contributed by atoms with Gasteiger partial charge in [0.2, 0.25) is 12.7 Å². The van der Waals surface area contributed by atoms with Crippen LogP contribution in [0.1, 0.15) is 32.9 Å². The van der Waals surface area contributed by atoms with Gasteiger partial charge in [-0.2, -0.15) is 5.10 Å². The first-order valence-corrected chi connectivity index (χ1v) is 10.4. The molecule has 1 aromatic heterocycles. The fourth-order valence-electron chi connectivity index (χ4n) is 3.95. The second-order valence-electron chi connectivity index (χ2n) is 7.88. The summed E-state index contributed by atoms with van der Waals surface area (Å²) in [6, 6.07) is 8.58. The van der Waals surface area contributed by atoms with Crippen molar-refractivity contribution < 1.29 is 27.8 Å². The zero-order valence-corrected chi connectivity index (χ0v) is 17.5. The maximum Gasteiger partial charge on any atom is 0.272 e. The molecule has 2 aromatic carbocycles. The van der Waals surface area contributed by atoms with Gasteiger partial charge in [0.25, 0.3) is 5.91 Å². The molecule has 33 heavy (non-hydrogen) atoms. The summed E-state index contributed by atoms with van der Waals surface area (Å²) < 4.78 is 37.7. The summed E-state index contributed by atoms with van der Waals surface area (Å²) in [7, 11) is 0. The molecular formula is C23H20F2N4O4. The van der Waals surface area contributed by atoms with Crippen LogP contribution in [0, 0.1) is 11.6 Å². The number of nitrogens with one attached hydrogen (secondary N) is 2. The van der Waals surface area contributed by atoms with E-state index >= 15 is 0 Å². The summed E-state index contributed by atoms with van der Waals surface area (Å²) in [6.45, 7) is 1.03. The third-order valence-electron chi connectivity index (χ3n) is 5.75. The van der Waals surface area contributed by atoms with Crippen molar-refractivity contribution in [3.8, 4) is 11.5 Å². The number of carbonyl (C=O) groups is 2. The van der Waals surface area contributed by atoms with E-state index < -0.39 is 11.6 Å². The van der Waals surface area contributed by atoms with Crippen LogP contribution in [0.4, 0.5) is 8.78 Å². The normalized spacial score (nSPS) is 14.2. The molecule has 0 saturated heterocycles. The summed E-state index contributed by atoms with van der Waals surface area (Å²) in [4.78, 5) is 27.1. The Hall–Kier alpha value is -3.95. The van der Waals surface area contributed by atoms with E-state index in [1.807, 2.05) is 6.07 Å². The summed E-state index contributed by atoms with van der Waals surface area (Å²) in [5, 5.41) is 9.86. The molecule has 0 aliphatic carbocycles. The monoisotopic (exact) mass is 454 g/mol. The quantitative estimate of drug-likeness (QED) is 0.618. The lowest BCUT2D eigenvalue weighted by Crippen LogP contribution is -2.37. The second kappa shape index (κ2) is 8.53. The largest absolute Gasteiger partial charge is 0.454 e. The Morgan fingerprint density at radius 3 is 2.82 bits per heavy atom. The van der Waals surface area contributed by atoms with E-state index in [9.17, 15) is 18.4 Å². The predicted octanol–water partition coefficient (Wildman–Crippen LogP) is 2.47. The van der Waals surface area contributed by atoms with Gasteiger partial charge in [0.1, 0.15) is 11.6 Å². The maximum atomic E-state index is 13.9. The number of H-pyrrole nitrogens is 1. The third-order valence-corrected chi connectivity index (χ3v) is 5.75. The van der Waals surface area contributed by atoms with Crippen LogP contribution in [-0.2, 0) is 30.7 Å². The fourth-order valence-corrected chi connectivity index (χ4v) is 3.95. The van der Waals surface area contributed by atoms with Crippen LogP contribution < -0.4 is 14.8 Å². The molecule has 0 atom stereocenters. The number of hydrogen-bond acceptors (Lipinski definition) is 5. The van der Waals surface area contributed by atoms with Crippen LogP contribution >= 0.6 is 0 Å². The lowest BCUT2D eigenvalue weighted by Gasteiger charge is -2.27. The maximum absolute atomic E-state index is 13.9. The SMILES string of the molecule is O=C(NCc1ccc2c(c1)OCO2)c1n[nH]c2c1CN(C(=O)Cc1ccc(F)cc1F)CC2.